The summed E-state index contributed by atoms with van der Waals surface area (Å²) in [6.45, 7) is 3.78. The third-order valence-corrected chi connectivity index (χ3v) is 3.31. The van der Waals surface area contributed by atoms with Crippen LogP contribution in [0, 0.1) is 6.92 Å². The lowest BCUT2D eigenvalue weighted by molar-refractivity contribution is 0.817. The quantitative estimate of drug-likeness (QED) is 0.832. The zero-order valence-corrected chi connectivity index (χ0v) is 12.7. The number of rotatable bonds is 5. The summed E-state index contributed by atoms with van der Waals surface area (Å²) in [6.07, 6.45) is 3.70. The maximum atomic E-state index is 4.33. The van der Waals surface area contributed by atoms with Crippen LogP contribution in [0.4, 0.5) is 5.95 Å². The summed E-state index contributed by atoms with van der Waals surface area (Å²) >= 11 is 3.49. The Labute approximate surface area is 121 Å². The van der Waals surface area contributed by atoms with Crippen LogP contribution in [0.1, 0.15) is 5.56 Å². The second-order valence-electron chi connectivity index (χ2n) is 4.28. The van der Waals surface area contributed by atoms with Crippen LogP contribution in [0.5, 0.6) is 0 Å². The molecule has 0 amide bonds. The highest BCUT2D eigenvalue weighted by molar-refractivity contribution is 9.10. The molecule has 0 saturated heterocycles. The summed E-state index contributed by atoms with van der Waals surface area (Å²) in [7, 11) is 1.92. The zero-order valence-electron chi connectivity index (χ0n) is 11.1. The van der Waals surface area contributed by atoms with Crippen LogP contribution in [-0.2, 0) is 0 Å². The summed E-state index contributed by atoms with van der Waals surface area (Å²) in [5.41, 5.74) is 3.39. The minimum Gasteiger partial charge on any atom is -0.353 e. The van der Waals surface area contributed by atoms with Crippen LogP contribution >= 0.6 is 15.9 Å². The van der Waals surface area contributed by atoms with Crippen molar-refractivity contribution < 1.29 is 0 Å². The molecule has 0 unspecified atom stereocenters. The van der Waals surface area contributed by atoms with E-state index < -0.39 is 0 Å². The molecule has 0 bridgehead atoms. The first kappa shape index (κ1) is 14.0. The number of hydrogen-bond donors (Lipinski definition) is 2. The van der Waals surface area contributed by atoms with Crippen LogP contribution in [0.15, 0.2) is 35.1 Å². The zero-order chi connectivity index (χ0) is 13.7. The van der Waals surface area contributed by atoms with Gasteiger partial charge in [0, 0.05) is 35.5 Å². The summed E-state index contributed by atoms with van der Waals surface area (Å²) in [5.74, 6) is 0.659. The molecule has 0 aliphatic rings. The van der Waals surface area contributed by atoms with Crippen molar-refractivity contribution in [3.8, 4) is 11.1 Å². The number of aryl methyl sites for hydroxylation is 1. The molecular weight excluding hydrogens is 304 g/mol. The number of nitrogens with zero attached hydrogens (tertiary/aromatic N) is 2. The van der Waals surface area contributed by atoms with Gasteiger partial charge in [0.25, 0.3) is 0 Å². The summed E-state index contributed by atoms with van der Waals surface area (Å²) in [4.78, 5) is 8.66. The maximum Gasteiger partial charge on any atom is 0.222 e. The first-order chi connectivity index (χ1) is 9.20. The molecule has 4 nitrogen and oxygen atoms in total. The Kier molecular flexibility index (Phi) is 4.87. The van der Waals surface area contributed by atoms with E-state index in [0.717, 1.165) is 28.7 Å². The van der Waals surface area contributed by atoms with Gasteiger partial charge in [-0.25, -0.2) is 9.97 Å². The van der Waals surface area contributed by atoms with Gasteiger partial charge in [-0.1, -0.05) is 22.0 Å². The van der Waals surface area contributed by atoms with Gasteiger partial charge in [-0.3, -0.25) is 0 Å². The molecule has 0 aliphatic carbocycles. The van der Waals surface area contributed by atoms with Gasteiger partial charge in [0.15, 0.2) is 0 Å². The van der Waals surface area contributed by atoms with Gasteiger partial charge < -0.3 is 10.6 Å². The summed E-state index contributed by atoms with van der Waals surface area (Å²) in [5, 5.41) is 6.22. The van der Waals surface area contributed by atoms with E-state index in [2.05, 4.69) is 55.6 Å². The Morgan fingerprint density at radius 3 is 2.58 bits per heavy atom. The molecule has 0 radical (unpaired) electrons. The van der Waals surface area contributed by atoms with Crippen LogP contribution in [0.3, 0.4) is 0 Å². The number of likely N-dealkylation sites (N-methyl/N-ethyl adjacent to an activating group) is 1. The molecule has 0 fully saturated rings. The molecule has 1 aromatic carbocycles. The Morgan fingerprint density at radius 1 is 1.16 bits per heavy atom. The average Bonchev–Trinajstić information content (AvgIpc) is 2.43. The van der Waals surface area contributed by atoms with Crippen LogP contribution in [-0.4, -0.2) is 30.1 Å². The molecule has 0 saturated carbocycles. The minimum absolute atomic E-state index is 0.659. The number of hydrogen-bond acceptors (Lipinski definition) is 4. The van der Waals surface area contributed by atoms with Crippen molar-refractivity contribution in [1.29, 1.82) is 0 Å². The topological polar surface area (TPSA) is 49.8 Å². The van der Waals surface area contributed by atoms with Crippen molar-refractivity contribution >= 4 is 21.9 Å². The highest BCUT2D eigenvalue weighted by Crippen LogP contribution is 2.25. The first-order valence-electron chi connectivity index (χ1n) is 6.18. The van der Waals surface area contributed by atoms with Crippen molar-refractivity contribution in [2.24, 2.45) is 0 Å². The average molecular weight is 321 g/mol. The van der Waals surface area contributed by atoms with Gasteiger partial charge in [0.2, 0.25) is 5.95 Å². The normalized spacial score (nSPS) is 10.5. The molecule has 0 aliphatic heterocycles. The number of halogens is 1. The molecular formula is C14H17BrN4. The van der Waals surface area contributed by atoms with E-state index in [1.807, 2.05) is 25.5 Å². The van der Waals surface area contributed by atoms with Gasteiger partial charge in [0.05, 0.1) is 0 Å². The van der Waals surface area contributed by atoms with E-state index in [0.29, 0.717) is 5.95 Å². The monoisotopic (exact) mass is 320 g/mol. The third-order valence-electron chi connectivity index (χ3n) is 2.82. The van der Waals surface area contributed by atoms with Crippen molar-refractivity contribution in [2.45, 2.75) is 6.92 Å². The largest absolute Gasteiger partial charge is 0.353 e. The van der Waals surface area contributed by atoms with Crippen molar-refractivity contribution in [3.63, 3.8) is 0 Å². The lowest BCUT2D eigenvalue weighted by Gasteiger charge is -2.08. The summed E-state index contributed by atoms with van der Waals surface area (Å²) in [6, 6.07) is 6.20. The number of aromatic nitrogens is 2. The van der Waals surface area contributed by atoms with E-state index in [4.69, 9.17) is 0 Å². The standard InChI is InChI=1S/C14H17BrN4/c1-10-3-4-12(15)7-13(10)11-8-18-14(19-9-11)17-6-5-16-2/h3-4,7-9,16H,5-6H2,1-2H3,(H,17,18,19). The van der Waals surface area contributed by atoms with Crippen molar-refractivity contribution in [2.75, 3.05) is 25.5 Å². The SMILES string of the molecule is CNCCNc1ncc(-c2cc(Br)ccc2C)cn1. The fraction of sp³-hybridized carbons (Fsp3) is 0.286. The third kappa shape index (κ3) is 3.75. The predicted octanol–water partition coefficient (Wildman–Crippen LogP) is 2.85. The van der Waals surface area contributed by atoms with Gasteiger partial charge in [0.1, 0.15) is 0 Å². The number of anilines is 1. The summed E-state index contributed by atoms with van der Waals surface area (Å²) < 4.78 is 1.06. The molecule has 2 aromatic rings. The fourth-order valence-corrected chi connectivity index (χ4v) is 2.12. The maximum absolute atomic E-state index is 4.33. The molecule has 19 heavy (non-hydrogen) atoms. The molecule has 1 heterocycles. The van der Waals surface area contributed by atoms with E-state index in [1.165, 1.54) is 5.56 Å². The highest BCUT2D eigenvalue weighted by Gasteiger charge is 2.04. The lowest BCUT2D eigenvalue weighted by atomic mass is 10.0. The lowest BCUT2D eigenvalue weighted by Crippen LogP contribution is -2.18. The molecule has 0 spiro atoms. The minimum atomic E-state index is 0.659. The first-order valence-corrected chi connectivity index (χ1v) is 6.97. The van der Waals surface area contributed by atoms with E-state index in [-0.39, 0.29) is 0 Å². The number of nitrogens with one attached hydrogen (secondary N) is 2. The van der Waals surface area contributed by atoms with Crippen LogP contribution in [0.25, 0.3) is 11.1 Å². The Hall–Kier alpha value is -1.46. The van der Waals surface area contributed by atoms with Gasteiger partial charge in [-0.15, -0.1) is 0 Å². The van der Waals surface area contributed by atoms with E-state index in [1.54, 1.807) is 0 Å². The molecule has 2 N–H and O–H groups in total. The second kappa shape index (κ2) is 6.63. The van der Waals surface area contributed by atoms with Crippen LogP contribution in [0.2, 0.25) is 0 Å². The number of benzene rings is 1. The molecule has 1 aromatic heterocycles. The van der Waals surface area contributed by atoms with Gasteiger partial charge in [-0.05, 0) is 37.2 Å². The fourth-order valence-electron chi connectivity index (χ4n) is 1.76. The van der Waals surface area contributed by atoms with Gasteiger partial charge >= 0.3 is 0 Å². The second-order valence-corrected chi connectivity index (χ2v) is 5.20. The van der Waals surface area contributed by atoms with Crippen molar-refractivity contribution in [3.05, 3.63) is 40.6 Å². The molecule has 100 valence electrons. The highest BCUT2D eigenvalue weighted by atomic mass is 79.9. The van der Waals surface area contributed by atoms with Crippen molar-refractivity contribution in [1.82, 2.24) is 15.3 Å². The Morgan fingerprint density at radius 2 is 1.89 bits per heavy atom. The van der Waals surface area contributed by atoms with E-state index >= 15 is 0 Å². The Bertz CT molecular complexity index is 540. The van der Waals surface area contributed by atoms with Crippen LogP contribution < -0.4 is 10.6 Å². The molecule has 2 rings (SSSR count). The van der Waals surface area contributed by atoms with Gasteiger partial charge in [-0.2, -0.15) is 0 Å². The smallest absolute Gasteiger partial charge is 0.222 e. The predicted molar refractivity (Wildman–Crippen MR) is 82.3 cm³/mol. The molecule has 0 atom stereocenters. The van der Waals surface area contributed by atoms with E-state index in [9.17, 15) is 0 Å². The molecule has 5 heteroatoms. The Balaban J connectivity index is 2.15.